The number of halogens is 3. The fraction of sp³-hybridized carbons (Fsp3) is 0.333. The highest BCUT2D eigenvalue weighted by Crippen LogP contribution is 2.58. The Morgan fingerprint density at radius 2 is 1.64 bits per heavy atom. The van der Waals surface area contributed by atoms with Crippen LogP contribution in [0.15, 0.2) is 70.2 Å². The molecule has 1 spiro atoms. The first-order chi connectivity index (χ1) is 13.1. The van der Waals surface area contributed by atoms with Gasteiger partial charge in [-0.2, -0.15) is 0 Å². The molecule has 148 valence electrons. The van der Waals surface area contributed by atoms with Crippen molar-refractivity contribution in [2.75, 3.05) is 13.4 Å². The van der Waals surface area contributed by atoms with Crippen LogP contribution in [0.3, 0.4) is 0 Å². The van der Waals surface area contributed by atoms with Gasteiger partial charge in [-0.1, -0.05) is 24.3 Å². The zero-order valence-corrected chi connectivity index (χ0v) is 16.2. The molecule has 0 aliphatic heterocycles. The molecule has 1 aromatic rings. The average molecular weight is 408 g/mol. The number of methoxy groups -OCH3 is 1. The molecule has 1 saturated carbocycles. The van der Waals surface area contributed by atoms with E-state index < -0.39 is 33.8 Å². The van der Waals surface area contributed by atoms with Gasteiger partial charge in [0.15, 0.2) is 15.7 Å². The number of rotatable bonds is 4. The molecule has 0 heterocycles. The summed E-state index contributed by atoms with van der Waals surface area (Å²) in [5, 5.41) is 0. The fourth-order valence-electron chi connectivity index (χ4n) is 3.63. The molecule has 0 N–H and O–H groups in total. The van der Waals surface area contributed by atoms with Crippen molar-refractivity contribution >= 4 is 15.4 Å². The van der Waals surface area contributed by atoms with Crippen molar-refractivity contribution in [3.05, 3.63) is 70.9 Å². The molecule has 0 amide bonds. The minimum absolute atomic E-state index is 0.00467. The second-order valence-corrected chi connectivity index (χ2v) is 9.58. The minimum atomic E-state index is -3.34. The molecule has 3 aliphatic rings. The molecule has 0 saturated heterocycles. The van der Waals surface area contributed by atoms with E-state index in [1.54, 1.807) is 12.1 Å². The van der Waals surface area contributed by atoms with E-state index in [1.807, 2.05) is 12.2 Å². The summed E-state index contributed by atoms with van der Waals surface area (Å²) in [5.41, 5.74) is 1.69. The van der Waals surface area contributed by atoms with Gasteiger partial charge in [-0.3, -0.25) is 0 Å². The van der Waals surface area contributed by atoms with Gasteiger partial charge in [0.05, 0.1) is 11.3 Å². The molecule has 1 aromatic carbocycles. The summed E-state index contributed by atoms with van der Waals surface area (Å²) < 4.78 is 71.2. The third-order valence-corrected chi connectivity index (χ3v) is 6.62. The van der Waals surface area contributed by atoms with Gasteiger partial charge in [0.25, 0.3) is 5.85 Å². The maximum absolute atomic E-state index is 14.7. The molecule has 0 bridgehead atoms. The van der Waals surface area contributed by atoms with Crippen LogP contribution < -0.4 is 0 Å². The highest BCUT2D eigenvalue weighted by Gasteiger charge is 2.46. The molecule has 4 rings (SSSR count). The Labute approximate surface area is 161 Å². The zero-order valence-electron chi connectivity index (χ0n) is 15.4. The summed E-state index contributed by atoms with van der Waals surface area (Å²) in [5.74, 6) is -4.74. The van der Waals surface area contributed by atoms with Crippen molar-refractivity contribution in [1.82, 2.24) is 0 Å². The lowest BCUT2D eigenvalue weighted by molar-refractivity contribution is -0.107. The predicted molar refractivity (Wildman–Crippen MR) is 100 cm³/mol. The van der Waals surface area contributed by atoms with Crippen molar-refractivity contribution in [1.29, 1.82) is 0 Å². The number of benzene rings is 1. The Morgan fingerprint density at radius 3 is 2.18 bits per heavy atom. The summed E-state index contributed by atoms with van der Waals surface area (Å²) >= 11 is 0. The van der Waals surface area contributed by atoms with Crippen molar-refractivity contribution in [2.24, 2.45) is 5.41 Å². The van der Waals surface area contributed by atoms with Gasteiger partial charge in [0, 0.05) is 24.4 Å². The lowest BCUT2D eigenvalue weighted by Crippen LogP contribution is -2.29. The Bertz CT molecular complexity index is 1070. The lowest BCUT2D eigenvalue weighted by atomic mass is 9.89. The van der Waals surface area contributed by atoms with Crippen LogP contribution >= 0.6 is 0 Å². The van der Waals surface area contributed by atoms with E-state index >= 15 is 0 Å². The van der Waals surface area contributed by atoms with Gasteiger partial charge in [0.1, 0.15) is 5.83 Å². The zero-order chi connectivity index (χ0) is 20.3. The van der Waals surface area contributed by atoms with Crippen molar-refractivity contribution in [3.63, 3.8) is 0 Å². The smallest absolute Gasteiger partial charge is 0.267 e. The van der Waals surface area contributed by atoms with Crippen LogP contribution in [0.4, 0.5) is 13.2 Å². The summed E-state index contributed by atoms with van der Waals surface area (Å²) in [7, 11) is -2.34. The largest absolute Gasteiger partial charge is 0.344 e. The van der Waals surface area contributed by atoms with E-state index in [2.05, 4.69) is 4.74 Å². The molecule has 1 fully saturated rings. The predicted octanol–water partition coefficient (Wildman–Crippen LogP) is 4.99. The Balaban J connectivity index is 1.76. The second kappa shape index (κ2) is 6.19. The second-order valence-electron chi connectivity index (χ2n) is 7.57. The maximum Gasteiger partial charge on any atom is 0.267 e. The number of sulfone groups is 1. The van der Waals surface area contributed by atoms with E-state index in [-0.39, 0.29) is 15.9 Å². The molecule has 0 radical (unpaired) electrons. The van der Waals surface area contributed by atoms with E-state index in [0.717, 1.165) is 32.3 Å². The van der Waals surface area contributed by atoms with E-state index in [4.69, 9.17) is 0 Å². The van der Waals surface area contributed by atoms with Crippen LogP contribution in [-0.2, 0) is 14.6 Å². The van der Waals surface area contributed by atoms with Gasteiger partial charge >= 0.3 is 0 Å². The Hall–Kier alpha value is -2.12. The lowest BCUT2D eigenvalue weighted by Gasteiger charge is -2.26. The molecule has 28 heavy (non-hydrogen) atoms. The number of allylic oxidation sites excluding steroid dienone is 6. The summed E-state index contributed by atoms with van der Waals surface area (Å²) in [6.45, 7) is 0. The SMILES string of the molecule is COC1(F)CC(F)=C(C2=CC3(C=C2c2ccc(S(C)(=O)=O)cc2)CC3)C=C1F. The van der Waals surface area contributed by atoms with Gasteiger partial charge in [-0.15, -0.1) is 0 Å². The van der Waals surface area contributed by atoms with Crippen LogP contribution in [0.1, 0.15) is 24.8 Å². The summed E-state index contributed by atoms with van der Waals surface area (Å²) in [6, 6.07) is 6.27. The van der Waals surface area contributed by atoms with Crippen molar-refractivity contribution < 1.29 is 26.3 Å². The number of ether oxygens (including phenoxy) is 1. The topological polar surface area (TPSA) is 43.4 Å². The van der Waals surface area contributed by atoms with Gasteiger partial charge < -0.3 is 4.74 Å². The molecule has 1 unspecified atom stereocenters. The van der Waals surface area contributed by atoms with Crippen LogP contribution in [0.25, 0.3) is 5.57 Å². The van der Waals surface area contributed by atoms with Crippen molar-refractivity contribution in [3.8, 4) is 0 Å². The normalized spacial score (nSPS) is 26.2. The minimum Gasteiger partial charge on any atom is -0.344 e. The highest BCUT2D eigenvalue weighted by molar-refractivity contribution is 7.90. The third-order valence-electron chi connectivity index (χ3n) is 5.49. The molecule has 1 atom stereocenters. The van der Waals surface area contributed by atoms with Crippen molar-refractivity contribution in [2.45, 2.75) is 30.0 Å². The van der Waals surface area contributed by atoms with Crippen LogP contribution in [-0.4, -0.2) is 27.6 Å². The molecular weight excluding hydrogens is 389 g/mol. The van der Waals surface area contributed by atoms with E-state index in [1.165, 1.54) is 12.1 Å². The molecule has 7 heteroatoms. The van der Waals surface area contributed by atoms with Gasteiger partial charge in [-0.05, 0) is 47.8 Å². The van der Waals surface area contributed by atoms with Crippen LogP contribution in [0.5, 0.6) is 0 Å². The Morgan fingerprint density at radius 1 is 1.04 bits per heavy atom. The summed E-state index contributed by atoms with van der Waals surface area (Å²) in [6.07, 6.45) is 6.83. The first kappa shape index (κ1) is 19.2. The van der Waals surface area contributed by atoms with Gasteiger partial charge in [0.2, 0.25) is 0 Å². The van der Waals surface area contributed by atoms with Crippen LogP contribution in [0.2, 0.25) is 0 Å². The number of hydrogen-bond acceptors (Lipinski definition) is 3. The van der Waals surface area contributed by atoms with E-state index in [0.29, 0.717) is 16.7 Å². The first-order valence-electron chi connectivity index (χ1n) is 8.84. The maximum atomic E-state index is 14.7. The number of alkyl halides is 1. The fourth-order valence-corrected chi connectivity index (χ4v) is 4.26. The number of hydrogen-bond donors (Lipinski definition) is 0. The molecular formula is C21H19F3O3S. The quantitative estimate of drug-likeness (QED) is 0.705. The molecule has 3 nitrogen and oxygen atoms in total. The first-order valence-corrected chi connectivity index (χ1v) is 10.7. The third kappa shape index (κ3) is 3.16. The van der Waals surface area contributed by atoms with Gasteiger partial charge in [-0.25, -0.2) is 21.6 Å². The van der Waals surface area contributed by atoms with Crippen LogP contribution in [0, 0.1) is 5.41 Å². The molecule has 0 aromatic heterocycles. The highest BCUT2D eigenvalue weighted by atomic mass is 32.2. The average Bonchev–Trinajstić information content (AvgIpc) is 3.29. The van der Waals surface area contributed by atoms with E-state index in [9.17, 15) is 21.6 Å². The monoisotopic (exact) mass is 408 g/mol. The Kier molecular flexibility index (Phi) is 4.25. The summed E-state index contributed by atoms with van der Waals surface area (Å²) in [4.78, 5) is 0.179. The standard InChI is InChI=1S/C21H19F3O3S/c1-27-21(24)12-18(22)15(9-19(21)23)17-11-20(7-8-20)10-16(17)13-3-5-14(6-4-13)28(2,25)26/h3-6,9-11H,7-8,12H2,1-2H3. The molecule has 3 aliphatic carbocycles.